The molecular formula is C30H41N7O4S. The summed E-state index contributed by atoms with van der Waals surface area (Å²) in [5, 5.41) is 2.98. The summed E-state index contributed by atoms with van der Waals surface area (Å²) < 4.78 is 28.6. The van der Waals surface area contributed by atoms with Crippen molar-refractivity contribution in [3.05, 3.63) is 35.9 Å². The van der Waals surface area contributed by atoms with Crippen LogP contribution in [0.4, 0.5) is 22.2 Å². The maximum Gasteiger partial charge on any atom is 0.325 e. The van der Waals surface area contributed by atoms with Crippen LogP contribution in [0, 0.1) is 11.3 Å². The van der Waals surface area contributed by atoms with Gasteiger partial charge in [-0.15, -0.1) is 0 Å². The molecule has 1 atom stereocenters. The summed E-state index contributed by atoms with van der Waals surface area (Å²) >= 11 is 0. The Hall–Kier alpha value is -3.41. The summed E-state index contributed by atoms with van der Waals surface area (Å²) in [7, 11) is -4.24. The minimum absolute atomic E-state index is 0.0791. The van der Waals surface area contributed by atoms with Gasteiger partial charge >= 0.3 is 6.03 Å². The molecule has 3 amide bonds. The van der Waals surface area contributed by atoms with Gasteiger partial charge in [0.05, 0.1) is 5.56 Å². The molecule has 2 aromatic heterocycles. The van der Waals surface area contributed by atoms with Crippen LogP contribution < -0.4 is 19.8 Å². The van der Waals surface area contributed by atoms with E-state index in [0.29, 0.717) is 55.0 Å². The predicted molar refractivity (Wildman–Crippen MR) is 161 cm³/mol. The molecule has 2 saturated heterocycles. The first-order valence-corrected chi connectivity index (χ1v) is 16.6. The number of fused-ring (bicyclic) bond motifs is 6. The van der Waals surface area contributed by atoms with Crippen LogP contribution in [0.1, 0.15) is 76.1 Å². The molecule has 3 fully saturated rings. The fourth-order valence-electron chi connectivity index (χ4n) is 6.59. The second kappa shape index (κ2) is 10.7. The van der Waals surface area contributed by atoms with Crippen LogP contribution in [0.5, 0.6) is 0 Å². The predicted octanol–water partition coefficient (Wildman–Crippen LogP) is 4.23. The van der Waals surface area contributed by atoms with Crippen molar-refractivity contribution >= 4 is 39.4 Å². The lowest BCUT2D eigenvalue weighted by Crippen LogP contribution is -2.41. The second-order valence-corrected chi connectivity index (χ2v) is 14.9. The van der Waals surface area contributed by atoms with Crippen molar-refractivity contribution in [1.29, 1.82) is 0 Å². The van der Waals surface area contributed by atoms with Crippen LogP contribution in [0.15, 0.2) is 35.4 Å². The number of aromatic nitrogens is 2. The molecule has 6 rings (SSSR count). The third kappa shape index (κ3) is 5.77. The highest BCUT2D eigenvalue weighted by Gasteiger charge is 2.42. The highest BCUT2D eigenvalue weighted by atomic mass is 32.2. The standard InChI is InChI=1S/C30H41N7O4S/c1-29(2)19-21-7-5-15-31-23-8-4-9-25(32-23)42(40,41)34-27(38)22-10-11-24(33-26(22)37(29)20-21)36-18-17-35(28(36)39)16-6-12-30(3)13-14-30/h4,8-11,21H,5-7,12-20H2,1-3H3,(H,31,32)(H,34,38)/t21-/m0/s1. The molecule has 2 N–H and O–H groups in total. The molecule has 4 bridgehead atoms. The number of nitrogens with zero attached hydrogens (tertiary/aromatic N) is 5. The maximum absolute atomic E-state index is 13.6. The third-order valence-corrected chi connectivity index (χ3v) is 10.6. The fraction of sp³-hybridized carbons (Fsp3) is 0.600. The lowest BCUT2D eigenvalue weighted by atomic mass is 9.93. The lowest BCUT2D eigenvalue weighted by molar-refractivity contribution is 0.0981. The zero-order valence-electron chi connectivity index (χ0n) is 24.7. The summed E-state index contributed by atoms with van der Waals surface area (Å²) in [6.07, 6.45) is 7.42. The van der Waals surface area contributed by atoms with Crippen LogP contribution >= 0.6 is 0 Å². The number of rotatable bonds is 5. The molecule has 3 aliphatic heterocycles. The molecule has 2 aromatic rings. The van der Waals surface area contributed by atoms with Gasteiger partial charge in [-0.25, -0.2) is 19.5 Å². The number of carbonyl (C=O) groups excluding carboxylic acids is 2. The topological polar surface area (TPSA) is 128 Å². The van der Waals surface area contributed by atoms with E-state index in [1.165, 1.54) is 18.9 Å². The number of anilines is 3. The van der Waals surface area contributed by atoms with Gasteiger partial charge in [0.1, 0.15) is 17.5 Å². The number of urea groups is 1. The Bertz CT molecular complexity index is 1490. The van der Waals surface area contributed by atoms with Crippen LogP contribution in [-0.2, 0) is 10.0 Å². The summed E-state index contributed by atoms with van der Waals surface area (Å²) in [5.41, 5.74) is 0.290. The Labute approximate surface area is 248 Å². The van der Waals surface area contributed by atoms with Crippen LogP contribution in [0.25, 0.3) is 0 Å². The Morgan fingerprint density at radius 2 is 1.86 bits per heavy atom. The van der Waals surface area contributed by atoms with Crippen molar-refractivity contribution in [2.45, 2.75) is 76.3 Å². The van der Waals surface area contributed by atoms with E-state index in [0.717, 1.165) is 38.6 Å². The Balaban J connectivity index is 1.31. The maximum atomic E-state index is 13.6. The SMILES string of the molecule is CC1(CCCN2CCN(c3ccc4c(n3)N3C[C@@H](CCCNc5cccc(n5)S(=O)(=O)NC4=O)CC3(C)C)C2=O)CC1. The van der Waals surface area contributed by atoms with E-state index in [1.807, 2.05) is 4.90 Å². The van der Waals surface area contributed by atoms with E-state index in [9.17, 15) is 18.0 Å². The Kier molecular flexibility index (Phi) is 7.31. The highest BCUT2D eigenvalue weighted by molar-refractivity contribution is 7.90. The van der Waals surface area contributed by atoms with Crippen LogP contribution in [0.3, 0.4) is 0 Å². The number of hydrogen-bond donors (Lipinski definition) is 2. The van der Waals surface area contributed by atoms with Gasteiger partial charge in [0, 0.05) is 38.3 Å². The van der Waals surface area contributed by atoms with Gasteiger partial charge in [-0.2, -0.15) is 8.42 Å². The number of hydrogen-bond acceptors (Lipinski definition) is 8. The third-order valence-electron chi connectivity index (χ3n) is 9.33. The first-order valence-electron chi connectivity index (χ1n) is 15.1. The van der Waals surface area contributed by atoms with E-state index in [-0.39, 0.29) is 22.2 Å². The molecule has 1 saturated carbocycles. The van der Waals surface area contributed by atoms with Crippen molar-refractivity contribution in [1.82, 2.24) is 19.6 Å². The number of pyridine rings is 2. The minimum Gasteiger partial charge on any atom is -0.370 e. The smallest absolute Gasteiger partial charge is 0.325 e. The molecule has 12 heteroatoms. The minimum atomic E-state index is -4.24. The van der Waals surface area contributed by atoms with E-state index >= 15 is 0 Å². The Morgan fingerprint density at radius 3 is 2.64 bits per heavy atom. The van der Waals surface area contributed by atoms with Gasteiger partial charge < -0.3 is 15.1 Å². The highest BCUT2D eigenvalue weighted by Crippen LogP contribution is 2.49. The number of amides is 3. The molecule has 226 valence electrons. The van der Waals surface area contributed by atoms with Gasteiger partial charge in [-0.05, 0) is 94.4 Å². The molecule has 0 spiro atoms. The van der Waals surface area contributed by atoms with Gasteiger partial charge in [0.15, 0.2) is 5.03 Å². The fourth-order valence-corrected chi connectivity index (χ4v) is 7.52. The molecule has 1 aliphatic carbocycles. The van der Waals surface area contributed by atoms with E-state index in [4.69, 9.17) is 4.98 Å². The molecular weight excluding hydrogens is 554 g/mol. The average Bonchev–Trinajstić information content (AvgIpc) is 3.44. The van der Waals surface area contributed by atoms with Crippen molar-refractivity contribution in [2.75, 3.05) is 47.8 Å². The van der Waals surface area contributed by atoms with Crippen LogP contribution in [-0.4, -0.2) is 73.5 Å². The van der Waals surface area contributed by atoms with Crippen molar-refractivity contribution in [2.24, 2.45) is 11.3 Å². The summed E-state index contributed by atoms with van der Waals surface area (Å²) in [4.78, 5) is 41.8. The quantitative estimate of drug-likeness (QED) is 0.526. The lowest BCUT2D eigenvalue weighted by Gasteiger charge is -2.34. The van der Waals surface area contributed by atoms with E-state index < -0.39 is 15.9 Å². The molecule has 42 heavy (non-hydrogen) atoms. The van der Waals surface area contributed by atoms with Gasteiger partial charge in [-0.1, -0.05) is 13.0 Å². The molecule has 0 unspecified atom stereocenters. The zero-order valence-corrected chi connectivity index (χ0v) is 25.5. The Morgan fingerprint density at radius 1 is 1.05 bits per heavy atom. The molecule has 0 radical (unpaired) electrons. The summed E-state index contributed by atoms with van der Waals surface area (Å²) in [6, 6.07) is 7.85. The van der Waals surface area contributed by atoms with Crippen molar-refractivity contribution < 1.29 is 18.0 Å². The molecule has 4 aliphatic rings. The van der Waals surface area contributed by atoms with E-state index in [1.54, 1.807) is 29.2 Å². The first kappa shape index (κ1) is 28.7. The monoisotopic (exact) mass is 595 g/mol. The van der Waals surface area contributed by atoms with Gasteiger partial charge in [0.2, 0.25) is 0 Å². The zero-order chi connectivity index (χ0) is 29.7. The number of carbonyl (C=O) groups is 2. The first-order chi connectivity index (χ1) is 19.9. The van der Waals surface area contributed by atoms with Crippen LogP contribution in [0.2, 0.25) is 0 Å². The molecule has 11 nitrogen and oxygen atoms in total. The average molecular weight is 596 g/mol. The normalized spacial score (nSPS) is 24.4. The summed E-state index contributed by atoms with van der Waals surface area (Å²) in [6.45, 7) is 9.77. The number of sulfonamides is 1. The largest absolute Gasteiger partial charge is 0.370 e. The second-order valence-electron chi connectivity index (χ2n) is 13.2. The number of nitrogens with one attached hydrogen (secondary N) is 2. The molecule has 0 aromatic carbocycles. The van der Waals surface area contributed by atoms with E-state index in [2.05, 4.69) is 40.7 Å². The summed E-state index contributed by atoms with van der Waals surface area (Å²) in [5.74, 6) is 0.915. The van der Waals surface area contributed by atoms with Crippen molar-refractivity contribution in [3.8, 4) is 0 Å². The van der Waals surface area contributed by atoms with Gasteiger partial charge in [0.25, 0.3) is 15.9 Å². The van der Waals surface area contributed by atoms with Crippen molar-refractivity contribution in [3.63, 3.8) is 0 Å². The van der Waals surface area contributed by atoms with Gasteiger partial charge in [-0.3, -0.25) is 9.69 Å². The molecule has 5 heterocycles.